The summed E-state index contributed by atoms with van der Waals surface area (Å²) in [7, 11) is 1.73. The van der Waals surface area contributed by atoms with Crippen molar-refractivity contribution in [1.29, 1.82) is 0 Å². The summed E-state index contributed by atoms with van der Waals surface area (Å²) >= 11 is 3.13. The van der Waals surface area contributed by atoms with Crippen molar-refractivity contribution in [2.45, 2.75) is 26.2 Å². The average molecular weight is 248 g/mol. The molecule has 0 aromatic heterocycles. The molecule has 0 saturated carbocycles. The van der Waals surface area contributed by atoms with E-state index in [1.165, 1.54) is 6.92 Å². The number of ketones is 2. The van der Waals surface area contributed by atoms with E-state index in [2.05, 4.69) is 21.2 Å². The van der Waals surface area contributed by atoms with Crippen molar-refractivity contribution in [3.63, 3.8) is 0 Å². The van der Waals surface area contributed by atoms with E-state index in [0.717, 1.165) is 0 Å². The van der Waals surface area contributed by atoms with Crippen LogP contribution in [0.1, 0.15) is 26.2 Å². The number of Topliss-reactive ketones (excluding diaryl/α,β-unsaturated/α-hetero) is 2. The number of nitrogens with one attached hydrogen (secondary N) is 1. The molecule has 0 aliphatic rings. The highest BCUT2D eigenvalue weighted by molar-refractivity contribution is 9.12. The molecule has 0 amide bonds. The van der Waals surface area contributed by atoms with Crippen LogP contribution in [0.4, 0.5) is 0 Å². The van der Waals surface area contributed by atoms with Gasteiger partial charge in [0, 0.05) is 26.1 Å². The summed E-state index contributed by atoms with van der Waals surface area (Å²) in [5, 5.41) is 2.75. The van der Waals surface area contributed by atoms with Crippen molar-refractivity contribution in [1.82, 2.24) is 5.32 Å². The van der Waals surface area contributed by atoms with Gasteiger partial charge in [-0.05, 0) is 29.3 Å². The standard InChI is InChI=1S/C9H14BrNO2/c1-7(12)4-3-5-9(13)8(10)6-11-2/h6,11H,3-5H2,1-2H3/b8-6+. The Bertz CT molecular complexity index is 224. The van der Waals surface area contributed by atoms with Gasteiger partial charge in [0.05, 0.1) is 4.48 Å². The Labute approximate surface area is 86.7 Å². The Kier molecular flexibility index (Phi) is 6.49. The van der Waals surface area contributed by atoms with Crippen molar-refractivity contribution in [2.75, 3.05) is 7.05 Å². The van der Waals surface area contributed by atoms with E-state index in [9.17, 15) is 9.59 Å². The van der Waals surface area contributed by atoms with Crippen LogP contribution in [0, 0.1) is 0 Å². The molecule has 0 bridgehead atoms. The number of carbonyl (C=O) groups excluding carboxylic acids is 2. The van der Waals surface area contributed by atoms with Crippen molar-refractivity contribution in [3.05, 3.63) is 10.7 Å². The van der Waals surface area contributed by atoms with Gasteiger partial charge in [-0.2, -0.15) is 0 Å². The van der Waals surface area contributed by atoms with Crippen LogP contribution in [0.15, 0.2) is 10.7 Å². The molecule has 0 aromatic carbocycles. The van der Waals surface area contributed by atoms with E-state index in [1.54, 1.807) is 13.2 Å². The number of carbonyl (C=O) groups is 2. The van der Waals surface area contributed by atoms with Crippen LogP contribution in [0.5, 0.6) is 0 Å². The second-order valence-electron chi connectivity index (χ2n) is 2.76. The first kappa shape index (κ1) is 12.4. The van der Waals surface area contributed by atoms with Gasteiger partial charge in [0.25, 0.3) is 0 Å². The highest BCUT2D eigenvalue weighted by Gasteiger charge is 2.05. The fraction of sp³-hybridized carbons (Fsp3) is 0.556. The van der Waals surface area contributed by atoms with Gasteiger partial charge in [-0.1, -0.05) is 0 Å². The predicted molar refractivity (Wildman–Crippen MR) is 55.6 cm³/mol. The second-order valence-corrected chi connectivity index (χ2v) is 3.61. The van der Waals surface area contributed by atoms with Crippen molar-refractivity contribution >= 4 is 27.5 Å². The van der Waals surface area contributed by atoms with Crippen molar-refractivity contribution < 1.29 is 9.59 Å². The van der Waals surface area contributed by atoms with Crippen LogP contribution in [0.25, 0.3) is 0 Å². The fourth-order valence-corrected chi connectivity index (χ4v) is 1.25. The molecule has 3 nitrogen and oxygen atoms in total. The Morgan fingerprint density at radius 2 is 2.00 bits per heavy atom. The minimum Gasteiger partial charge on any atom is -0.393 e. The Hall–Kier alpha value is -0.640. The molecule has 13 heavy (non-hydrogen) atoms. The van der Waals surface area contributed by atoms with E-state index >= 15 is 0 Å². The SMILES string of the molecule is CN/C=C(/Br)C(=O)CCCC(C)=O. The summed E-state index contributed by atoms with van der Waals surface area (Å²) in [5.41, 5.74) is 0. The van der Waals surface area contributed by atoms with Gasteiger partial charge in [0.15, 0.2) is 5.78 Å². The molecule has 0 atom stereocenters. The maximum absolute atomic E-state index is 11.2. The van der Waals surface area contributed by atoms with Gasteiger partial charge >= 0.3 is 0 Å². The largest absolute Gasteiger partial charge is 0.393 e. The number of rotatable bonds is 6. The van der Waals surface area contributed by atoms with Gasteiger partial charge in [-0.3, -0.25) is 4.79 Å². The van der Waals surface area contributed by atoms with E-state index in [1.807, 2.05) is 0 Å². The summed E-state index contributed by atoms with van der Waals surface area (Å²) in [6.07, 6.45) is 3.11. The third-order valence-electron chi connectivity index (χ3n) is 1.47. The van der Waals surface area contributed by atoms with Gasteiger partial charge in [-0.15, -0.1) is 0 Å². The van der Waals surface area contributed by atoms with Crippen LogP contribution >= 0.6 is 15.9 Å². The van der Waals surface area contributed by atoms with Gasteiger partial charge in [0.1, 0.15) is 5.78 Å². The van der Waals surface area contributed by atoms with Crippen LogP contribution in [0.2, 0.25) is 0 Å². The normalized spacial score (nSPS) is 11.2. The molecule has 0 radical (unpaired) electrons. The maximum atomic E-state index is 11.2. The van der Waals surface area contributed by atoms with E-state index in [4.69, 9.17) is 0 Å². The molecule has 0 heterocycles. The summed E-state index contributed by atoms with van der Waals surface area (Å²) in [6.45, 7) is 1.53. The fourth-order valence-electron chi connectivity index (χ4n) is 0.825. The zero-order valence-electron chi connectivity index (χ0n) is 7.89. The van der Waals surface area contributed by atoms with Gasteiger partial charge < -0.3 is 10.1 Å². The van der Waals surface area contributed by atoms with E-state index < -0.39 is 0 Å². The molecule has 0 fully saturated rings. The van der Waals surface area contributed by atoms with Crippen LogP contribution in [-0.4, -0.2) is 18.6 Å². The maximum Gasteiger partial charge on any atom is 0.171 e. The summed E-state index contributed by atoms with van der Waals surface area (Å²) in [6, 6.07) is 0. The number of allylic oxidation sites excluding steroid dienone is 1. The summed E-state index contributed by atoms with van der Waals surface area (Å²) in [4.78, 5) is 21.8. The second kappa shape index (κ2) is 6.83. The van der Waals surface area contributed by atoms with Crippen molar-refractivity contribution in [3.8, 4) is 0 Å². The lowest BCUT2D eigenvalue weighted by Gasteiger charge is -1.98. The topological polar surface area (TPSA) is 46.2 Å². The van der Waals surface area contributed by atoms with Gasteiger partial charge in [-0.25, -0.2) is 0 Å². The zero-order chi connectivity index (χ0) is 10.3. The molecule has 0 unspecified atom stereocenters. The highest BCUT2D eigenvalue weighted by Crippen LogP contribution is 2.10. The smallest absolute Gasteiger partial charge is 0.171 e. The number of hydrogen-bond donors (Lipinski definition) is 1. The number of hydrogen-bond acceptors (Lipinski definition) is 3. The zero-order valence-corrected chi connectivity index (χ0v) is 9.48. The average Bonchev–Trinajstić information content (AvgIpc) is 2.04. The number of halogens is 1. The van der Waals surface area contributed by atoms with Gasteiger partial charge in [0.2, 0.25) is 0 Å². The summed E-state index contributed by atoms with van der Waals surface area (Å²) in [5.74, 6) is 0.150. The molecular weight excluding hydrogens is 234 g/mol. The molecule has 0 aliphatic heterocycles. The lowest BCUT2D eigenvalue weighted by molar-refractivity contribution is -0.117. The molecule has 0 spiro atoms. The Morgan fingerprint density at radius 3 is 2.46 bits per heavy atom. The minimum atomic E-state index is 0.0237. The molecular formula is C9H14BrNO2. The van der Waals surface area contributed by atoms with Crippen LogP contribution in [0.3, 0.4) is 0 Å². The molecule has 4 heteroatoms. The van der Waals surface area contributed by atoms with Crippen molar-refractivity contribution in [2.24, 2.45) is 0 Å². The first-order chi connectivity index (χ1) is 6.07. The van der Waals surface area contributed by atoms with E-state index in [0.29, 0.717) is 23.7 Å². The lowest BCUT2D eigenvalue weighted by Crippen LogP contribution is -2.03. The quantitative estimate of drug-likeness (QED) is 0.728. The third kappa shape index (κ3) is 6.51. The molecule has 74 valence electrons. The Balaban J connectivity index is 3.75. The summed E-state index contributed by atoms with van der Waals surface area (Å²) < 4.78 is 0.526. The first-order valence-corrected chi connectivity index (χ1v) is 4.92. The third-order valence-corrected chi connectivity index (χ3v) is 2.14. The molecule has 0 saturated heterocycles. The van der Waals surface area contributed by atoms with E-state index in [-0.39, 0.29) is 11.6 Å². The van der Waals surface area contributed by atoms with Crippen LogP contribution in [-0.2, 0) is 9.59 Å². The molecule has 1 N–H and O–H groups in total. The molecule has 0 aromatic rings. The first-order valence-electron chi connectivity index (χ1n) is 4.13. The molecule has 0 aliphatic carbocycles. The molecule has 0 rings (SSSR count). The Morgan fingerprint density at radius 1 is 1.38 bits per heavy atom. The highest BCUT2D eigenvalue weighted by atomic mass is 79.9. The predicted octanol–water partition coefficient (Wildman–Crippen LogP) is 1.77. The monoisotopic (exact) mass is 247 g/mol. The van der Waals surface area contributed by atoms with Crippen LogP contribution < -0.4 is 5.32 Å². The minimum absolute atomic E-state index is 0.0237. The lowest BCUT2D eigenvalue weighted by atomic mass is 10.1.